The second-order valence-electron chi connectivity index (χ2n) is 12.6. The Bertz CT molecular complexity index is 826. The van der Waals surface area contributed by atoms with Crippen molar-refractivity contribution >= 4 is 17.7 Å². The van der Waals surface area contributed by atoms with Crippen LogP contribution in [0.1, 0.15) is 91.4 Å². The van der Waals surface area contributed by atoms with Gasteiger partial charge in [-0.25, -0.2) is 0 Å². The Labute approximate surface area is 209 Å². The van der Waals surface area contributed by atoms with E-state index in [-0.39, 0.29) is 47.3 Å². The maximum Gasteiger partial charge on any atom is 0.306 e. The van der Waals surface area contributed by atoms with Crippen LogP contribution in [0.3, 0.4) is 0 Å². The highest BCUT2D eigenvalue weighted by molar-refractivity contribution is 5.79. The van der Waals surface area contributed by atoms with Crippen molar-refractivity contribution < 1.29 is 34.4 Å². The van der Waals surface area contributed by atoms with Crippen molar-refractivity contribution in [2.24, 2.45) is 46.3 Å². The van der Waals surface area contributed by atoms with E-state index < -0.39 is 24.1 Å². The molecule has 0 heterocycles. The van der Waals surface area contributed by atoms with Crippen molar-refractivity contribution in [1.29, 1.82) is 0 Å². The van der Waals surface area contributed by atoms with E-state index in [1.165, 1.54) is 0 Å². The molecule has 0 radical (unpaired) electrons. The minimum atomic E-state index is -1.00. The fourth-order valence-corrected chi connectivity index (χ4v) is 9.02. The van der Waals surface area contributed by atoms with E-state index >= 15 is 0 Å². The number of carboxylic acid groups (broad SMARTS) is 1. The quantitative estimate of drug-likeness (QED) is 0.346. The molecule has 7 nitrogen and oxygen atoms in total. The summed E-state index contributed by atoms with van der Waals surface area (Å²) in [5, 5.41) is 31.6. The van der Waals surface area contributed by atoms with E-state index in [1.807, 2.05) is 0 Å². The molecule has 4 rings (SSSR count). The molecule has 3 N–H and O–H groups in total. The lowest BCUT2D eigenvalue weighted by molar-refractivity contribution is -0.201. The number of aliphatic carboxylic acids is 1. The second-order valence-corrected chi connectivity index (χ2v) is 12.6. The van der Waals surface area contributed by atoms with Gasteiger partial charge in [-0.3, -0.25) is 14.4 Å². The van der Waals surface area contributed by atoms with Crippen molar-refractivity contribution in [3.05, 3.63) is 0 Å². The summed E-state index contributed by atoms with van der Waals surface area (Å²) in [7, 11) is 0. The van der Waals surface area contributed by atoms with E-state index in [1.54, 1.807) is 0 Å². The third-order valence-corrected chi connectivity index (χ3v) is 11.0. The van der Waals surface area contributed by atoms with Crippen LogP contribution < -0.4 is 0 Å². The van der Waals surface area contributed by atoms with Gasteiger partial charge in [0.25, 0.3) is 0 Å². The average Bonchev–Trinajstić information content (AvgIpc) is 3.15. The first-order valence-corrected chi connectivity index (χ1v) is 13.7. The van der Waals surface area contributed by atoms with Gasteiger partial charge in [0, 0.05) is 12.8 Å². The number of Topliss-reactive ketones (excluding diaryl/α,β-unsaturated/α-hetero) is 1. The smallest absolute Gasteiger partial charge is 0.306 e. The molecule has 0 aromatic rings. The molecule has 0 aromatic carbocycles. The van der Waals surface area contributed by atoms with E-state index in [2.05, 4.69) is 20.8 Å². The van der Waals surface area contributed by atoms with Crippen LogP contribution in [-0.4, -0.2) is 51.9 Å². The number of ketones is 1. The molecule has 0 spiro atoms. The number of carbonyl (C=O) groups excluding carboxylic acids is 2. The number of esters is 1. The lowest BCUT2D eigenvalue weighted by Gasteiger charge is -2.63. The molecule has 7 heteroatoms. The minimum Gasteiger partial charge on any atom is -0.481 e. The zero-order valence-corrected chi connectivity index (χ0v) is 21.6. The van der Waals surface area contributed by atoms with Gasteiger partial charge in [-0.15, -0.1) is 0 Å². The van der Waals surface area contributed by atoms with Gasteiger partial charge in [-0.2, -0.15) is 0 Å². The molecular formula is C28H44O7. The first-order valence-electron chi connectivity index (χ1n) is 13.7. The van der Waals surface area contributed by atoms with Crippen LogP contribution in [0.25, 0.3) is 0 Å². The molecule has 4 aliphatic rings. The number of carbonyl (C=O) groups is 3. The molecule has 0 amide bonds. The van der Waals surface area contributed by atoms with E-state index in [9.17, 15) is 24.6 Å². The summed E-state index contributed by atoms with van der Waals surface area (Å²) in [5.74, 6) is 0.501. The molecule has 4 saturated carbocycles. The van der Waals surface area contributed by atoms with Crippen molar-refractivity contribution in [2.45, 2.75) is 104 Å². The zero-order chi connectivity index (χ0) is 25.5. The summed E-state index contributed by atoms with van der Waals surface area (Å²) >= 11 is 0. The maximum absolute atomic E-state index is 12.2. The Kier molecular flexibility index (Phi) is 7.69. The Morgan fingerprint density at radius 1 is 1.11 bits per heavy atom. The van der Waals surface area contributed by atoms with Crippen LogP contribution in [0.5, 0.6) is 0 Å². The maximum atomic E-state index is 12.2. The molecular weight excluding hydrogens is 448 g/mol. The summed E-state index contributed by atoms with van der Waals surface area (Å²) in [5.41, 5.74) is -0.220. The van der Waals surface area contributed by atoms with Gasteiger partial charge < -0.3 is 20.1 Å². The monoisotopic (exact) mass is 492 g/mol. The Morgan fingerprint density at radius 3 is 2.57 bits per heavy atom. The van der Waals surface area contributed by atoms with Crippen LogP contribution in [-0.2, 0) is 19.1 Å². The average molecular weight is 493 g/mol. The lowest BCUT2D eigenvalue weighted by Crippen LogP contribution is -2.62. The fourth-order valence-electron chi connectivity index (χ4n) is 9.02. The highest BCUT2D eigenvalue weighted by atomic mass is 16.5. The van der Waals surface area contributed by atoms with Crippen LogP contribution in [0.15, 0.2) is 0 Å². The summed E-state index contributed by atoms with van der Waals surface area (Å²) < 4.78 is 5.20. The standard InChI is InChI=1S/C28H44O7/c1-16(5-4-12-35-25(34)9-8-24(32)33)19-6-7-20-26-21(15-23(31)28(19,20)3)27(2)11-10-18(29)13-17(27)14-22(26)30/h16-17,19-23,26,30-31H,4-15H2,1-3H3,(H,32,33)/t16-,17-,19?,20+,21?,22-,23+,26?,27+,28-/m1/s1. The number of hydrogen-bond donors (Lipinski definition) is 3. The first kappa shape index (κ1) is 26.6. The van der Waals surface area contributed by atoms with Gasteiger partial charge in [0.15, 0.2) is 0 Å². The summed E-state index contributed by atoms with van der Waals surface area (Å²) in [6, 6.07) is 0. The number of hydrogen-bond acceptors (Lipinski definition) is 6. The highest BCUT2D eigenvalue weighted by Gasteiger charge is 2.65. The van der Waals surface area contributed by atoms with Gasteiger partial charge in [-0.1, -0.05) is 20.8 Å². The van der Waals surface area contributed by atoms with Crippen molar-refractivity contribution in [2.75, 3.05) is 6.61 Å². The van der Waals surface area contributed by atoms with Crippen molar-refractivity contribution in [3.63, 3.8) is 0 Å². The number of rotatable bonds is 8. The van der Waals surface area contributed by atoms with Crippen LogP contribution in [0.4, 0.5) is 0 Å². The SMILES string of the molecule is C[C@H](CCCOC(=O)CCC(=O)O)C1CC[C@H]2C3C(C[C@H](O)[C@]12C)[C@@]1(C)CCC(=O)C[C@@H]1C[C@H]3O. The molecule has 0 aliphatic heterocycles. The van der Waals surface area contributed by atoms with Crippen LogP contribution in [0, 0.1) is 46.3 Å². The molecule has 0 saturated heterocycles. The van der Waals surface area contributed by atoms with Crippen LogP contribution >= 0.6 is 0 Å². The third-order valence-electron chi connectivity index (χ3n) is 11.0. The normalized spacial score (nSPS) is 43.6. The van der Waals surface area contributed by atoms with Gasteiger partial charge in [-0.05, 0) is 91.3 Å². The van der Waals surface area contributed by atoms with Gasteiger partial charge in [0.2, 0.25) is 0 Å². The van der Waals surface area contributed by atoms with Gasteiger partial charge in [0.05, 0.1) is 31.7 Å². The van der Waals surface area contributed by atoms with Gasteiger partial charge >= 0.3 is 11.9 Å². The number of ether oxygens (including phenoxy) is 1. The van der Waals surface area contributed by atoms with E-state index in [0.717, 1.165) is 32.1 Å². The van der Waals surface area contributed by atoms with Crippen molar-refractivity contribution in [3.8, 4) is 0 Å². The summed E-state index contributed by atoms with van der Waals surface area (Å²) in [6.45, 7) is 7.07. The number of aliphatic hydroxyl groups is 2. The zero-order valence-electron chi connectivity index (χ0n) is 21.6. The Balaban J connectivity index is 1.40. The molecule has 35 heavy (non-hydrogen) atoms. The molecule has 4 fully saturated rings. The molecule has 0 aromatic heterocycles. The molecule has 3 unspecified atom stereocenters. The number of fused-ring (bicyclic) bond motifs is 5. The van der Waals surface area contributed by atoms with Crippen LogP contribution in [0.2, 0.25) is 0 Å². The third kappa shape index (κ3) is 4.79. The fraction of sp³-hybridized carbons (Fsp3) is 0.893. The topological polar surface area (TPSA) is 121 Å². The highest BCUT2D eigenvalue weighted by Crippen LogP contribution is 2.68. The number of aliphatic hydroxyl groups excluding tert-OH is 2. The number of carboxylic acids is 1. The van der Waals surface area contributed by atoms with Gasteiger partial charge in [0.1, 0.15) is 5.78 Å². The Morgan fingerprint density at radius 2 is 1.86 bits per heavy atom. The minimum absolute atomic E-state index is 0.0222. The predicted molar refractivity (Wildman–Crippen MR) is 129 cm³/mol. The molecule has 0 bridgehead atoms. The second kappa shape index (κ2) is 10.1. The largest absolute Gasteiger partial charge is 0.481 e. The molecule has 4 aliphatic carbocycles. The summed E-state index contributed by atoms with van der Waals surface area (Å²) in [6.07, 6.45) is 6.03. The molecule has 10 atom stereocenters. The first-order chi connectivity index (χ1) is 16.5. The van der Waals surface area contributed by atoms with Crippen molar-refractivity contribution in [1.82, 2.24) is 0 Å². The Hall–Kier alpha value is -1.47. The van der Waals surface area contributed by atoms with E-state index in [4.69, 9.17) is 9.84 Å². The lowest BCUT2D eigenvalue weighted by atomic mass is 9.43. The molecule has 198 valence electrons. The summed E-state index contributed by atoms with van der Waals surface area (Å²) in [4.78, 5) is 34.4. The predicted octanol–water partition coefficient (Wildman–Crippen LogP) is 3.98. The van der Waals surface area contributed by atoms with E-state index in [0.29, 0.717) is 49.9 Å².